The van der Waals surface area contributed by atoms with Crippen LogP contribution in [0, 0.1) is 6.92 Å². The number of benzene rings is 3. The van der Waals surface area contributed by atoms with Crippen LogP contribution < -0.4 is 9.62 Å². The Hall–Kier alpha value is -3.98. The minimum Gasteiger partial charge on any atom is -0.350 e. The molecule has 0 aliphatic rings. The summed E-state index contributed by atoms with van der Waals surface area (Å²) in [6.45, 7) is 8.48. The minimum absolute atomic E-state index is 0.0979. The van der Waals surface area contributed by atoms with Gasteiger partial charge in [0.1, 0.15) is 12.6 Å². The normalized spacial score (nSPS) is 12.3. The number of carbonyl (C=O) groups excluding carboxylic acids is 3. The van der Waals surface area contributed by atoms with Crippen LogP contribution in [-0.2, 0) is 32.6 Å². The summed E-state index contributed by atoms with van der Waals surface area (Å²) in [6.07, 6.45) is 1.25. The van der Waals surface area contributed by atoms with Crippen LogP contribution in [0.25, 0.3) is 0 Å². The first kappa shape index (κ1) is 31.5. The third-order valence-corrected chi connectivity index (χ3v) is 7.57. The summed E-state index contributed by atoms with van der Waals surface area (Å²) in [6, 6.07) is 22.3. The second-order valence-electron chi connectivity index (χ2n) is 11.3. The Morgan fingerprint density at radius 3 is 2.10 bits per heavy atom. The average molecular weight is 578 g/mol. The van der Waals surface area contributed by atoms with Crippen LogP contribution in [0.1, 0.15) is 54.7 Å². The van der Waals surface area contributed by atoms with Gasteiger partial charge in [-0.05, 0) is 57.9 Å². The van der Waals surface area contributed by atoms with Crippen molar-refractivity contribution in [1.82, 2.24) is 10.2 Å². The van der Waals surface area contributed by atoms with Crippen LogP contribution in [-0.4, -0.2) is 55.3 Å². The number of nitrogens with zero attached hydrogens (tertiary/aromatic N) is 2. The van der Waals surface area contributed by atoms with E-state index >= 15 is 0 Å². The summed E-state index contributed by atoms with van der Waals surface area (Å²) >= 11 is 0. The molecule has 0 aromatic heterocycles. The van der Waals surface area contributed by atoms with Crippen molar-refractivity contribution in [3.05, 3.63) is 101 Å². The predicted octanol–water partition coefficient (Wildman–Crippen LogP) is 4.52. The maximum Gasteiger partial charge on any atom is 0.244 e. The van der Waals surface area contributed by atoms with Crippen molar-refractivity contribution < 1.29 is 22.8 Å². The monoisotopic (exact) mass is 577 g/mol. The highest BCUT2D eigenvalue weighted by molar-refractivity contribution is 7.92. The van der Waals surface area contributed by atoms with E-state index in [0.717, 1.165) is 27.3 Å². The fourth-order valence-electron chi connectivity index (χ4n) is 4.51. The van der Waals surface area contributed by atoms with Crippen molar-refractivity contribution in [2.75, 3.05) is 17.1 Å². The van der Waals surface area contributed by atoms with Gasteiger partial charge in [0.2, 0.25) is 21.8 Å². The molecule has 0 saturated carbocycles. The zero-order valence-electron chi connectivity index (χ0n) is 24.5. The number of rotatable bonds is 11. The molecule has 8 nitrogen and oxygen atoms in total. The molecular formula is C32H39N3O5S. The molecule has 41 heavy (non-hydrogen) atoms. The van der Waals surface area contributed by atoms with Crippen molar-refractivity contribution in [2.24, 2.45) is 0 Å². The molecule has 3 rings (SSSR count). The Labute approximate surface area is 243 Å². The van der Waals surface area contributed by atoms with Crippen molar-refractivity contribution in [3.8, 4) is 0 Å². The zero-order chi connectivity index (χ0) is 30.4. The molecular weight excluding hydrogens is 538 g/mol. The van der Waals surface area contributed by atoms with Gasteiger partial charge in [0, 0.05) is 24.1 Å². The fourth-order valence-corrected chi connectivity index (χ4v) is 5.35. The topological polar surface area (TPSA) is 104 Å². The van der Waals surface area contributed by atoms with Gasteiger partial charge < -0.3 is 10.2 Å². The number of ketones is 1. The number of anilines is 1. The van der Waals surface area contributed by atoms with Crippen LogP contribution in [0.3, 0.4) is 0 Å². The summed E-state index contributed by atoms with van der Waals surface area (Å²) in [5.41, 5.74) is 2.62. The first-order valence-corrected chi connectivity index (χ1v) is 15.3. The number of nitrogens with one attached hydrogen (secondary N) is 1. The summed E-state index contributed by atoms with van der Waals surface area (Å²) < 4.78 is 26.9. The van der Waals surface area contributed by atoms with E-state index in [1.165, 1.54) is 17.9 Å². The second-order valence-corrected chi connectivity index (χ2v) is 13.2. The molecule has 3 aromatic carbocycles. The Morgan fingerprint density at radius 2 is 1.51 bits per heavy atom. The lowest BCUT2D eigenvalue weighted by Crippen LogP contribution is -2.56. The van der Waals surface area contributed by atoms with E-state index < -0.39 is 34.1 Å². The second kappa shape index (κ2) is 13.1. The maximum absolute atomic E-state index is 14.2. The Kier molecular flexibility index (Phi) is 10.1. The third kappa shape index (κ3) is 9.28. The van der Waals surface area contributed by atoms with E-state index in [4.69, 9.17) is 0 Å². The quantitative estimate of drug-likeness (QED) is 0.338. The van der Waals surface area contributed by atoms with E-state index in [-0.39, 0.29) is 30.3 Å². The first-order valence-electron chi connectivity index (χ1n) is 13.4. The van der Waals surface area contributed by atoms with Gasteiger partial charge in [-0.2, -0.15) is 0 Å². The number of aryl methyl sites for hydroxylation is 1. The largest absolute Gasteiger partial charge is 0.350 e. The molecule has 0 bridgehead atoms. The summed E-state index contributed by atoms with van der Waals surface area (Å²) in [5.74, 6) is -1.11. The molecule has 3 aromatic rings. The summed E-state index contributed by atoms with van der Waals surface area (Å²) in [5, 5.41) is 3.01. The van der Waals surface area contributed by atoms with E-state index in [1.54, 1.807) is 18.2 Å². The molecule has 0 spiro atoms. The van der Waals surface area contributed by atoms with E-state index in [9.17, 15) is 22.8 Å². The molecule has 2 amide bonds. The Morgan fingerprint density at radius 1 is 0.878 bits per heavy atom. The molecule has 0 aliphatic carbocycles. The smallest absolute Gasteiger partial charge is 0.244 e. The van der Waals surface area contributed by atoms with Gasteiger partial charge in [-0.3, -0.25) is 18.7 Å². The van der Waals surface area contributed by atoms with E-state index in [2.05, 4.69) is 5.32 Å². The van der Waals surface area contributed by atoms with Crippen molar-refractivity contribution in [1.29, 1.82) is 0 Å². The number of hydrogen-bond donors (Lipinski definition) is 1. The summed E-state index contributed by atoms with van der Waals surface area (Å²) in [7, 11) is -3.93. The molecule has 218 valence electrons. The molecule has 0 fully saturated rings. The van der Waals surface area contributed by atoms with Crippen LogP contribution in [0.15, 0.2) is 78.9 Å². The third-order valence-electron chi connectivity index (χ3n) is 6.42. The number of sulfonamides is 1. The maximum atomic E-state index is 14.2. The van der Waals surface area contributed by atoms with Gasteiger partial charge in [-0.15, -0.1) is 0 Å². The van der Waals surface area contributed by atoms with Gasteiger partial charge in [0.15, 0.2) is 5.78 Å². The van der Waals surface area contributed by atoms with Crippen LogP contribution in [0.4, 0.5) is 5.69 Å². The lowest BCUT2D eigenvalue weighted by atomic mass is 10.0. The van der Waals surface area contributed by atoms with Crippen molar-refractivity contribution in [3.63, 3.8) is 0 Å². The molecule has 0 radical (unpaired) electrons. The van der Waals surface area contributed by atoms with Crippen LogP contribution in [0.2, 0.25) is 0 Å². The van der Waals surface area contributed by atoms with Gasteiger partial charge in [-0.25, -0.2) is 8.42 Å². The van der Waals surface area contributed by atoms with Crippen LogP contribution in [0.5, 0.6) is 0 Å². The highest BCUT2D eigenvalue weighted by atomic mass is 32.2. The highest BCUT2D eigenvalue weighted by Crippen LogP contribution is 2.22. The fraction of sp³-hybridized carbons (Fsp3) is 0.344. The molecule has 9 heteroatoms. The molecule has 0 unspecified atom stereocenters. The SMILES string of the molecule is CC(=O)c1cccc(N(CC(=O)N(Cc2cccc(C)c2)[C@@H](Cc2ccccc2)C(=O)NC(C)(C)C)S(C)(=O)=O)c1. The van der Waals surface area contributed by atoms with Crippen LogP contribution >= 0.6 is 0 Å². The Balaban J connectivity index is 2.09. The molecule has 1 N–H and O–H groups in total. The molecule has 1 atom stereocenters. The zero-order valence-corrected chi connectivity index (χ0v) is 25.4. The number of Topliss-reactive ketones (excluding diaryl/α,β-unsaturated/α-hetero) is 1. The standard InChI is InChI=1S/C32H39N3O5S/c1-23-12-10-15-26(18-23)21-34(29(31(38)33-32(3,4)5)19-25-13-8-7-9-14-25)30(37)22-35(41(6,39)40)28-17-11-16-27(20-28)24(2)36/h7-18,20,29H,19,21-22H2,1-6H3,(H,33,38)/t29-/m0/s1. The van der Waals surface area contributed by atoms with E-state index in [1.807, 2.05) is 82.3 Å². The first-order chi connectivity index (χ1) is 19.1. The molecule has 0 aliphatic heterocycles. The van der Waals surface area contributed by atoms with Gasteiger partial charge in [0.05, 0.1) is 11.9 Å². The van der Waals surface area contributed by atoms with Gasteiger partial charge in [0.25, 0.3) is 0 Å². The van der Waals surface area contributed by atoms with E-state index in [0.29, 0.717) is 5.56 Å². The lowest BCUT2D eigenvalue weighted by Gasteiger charge is -2.35. The van der Waals surface area contributed by atoms with Gasteiger partial charge in [-0.1, -0.05) is 72.3 Å². The average Bonchev–Trinajstić information content (AvgIpc) is 2.88. The minimum atomic E-state index is -3.93. The molecule has 0 heterocycles. The Bertz CT molecular complexity index is 1500. The molecule has 0 saturated heterocycles. The summed E-state index contributed by atoms with van der Waals surface area (Å²) in [4.78, 5) is 41.4. The predicted molar refractivity (Wildman–Crippen MR) is 162 cm³/mol. The van der Waals surface area contributed by atoms with Crippen molar-refractivity contribution in [2.45, 2.75) is 59.2 Å². The van der Waals surface area contributed by atoms with Gasteiger partial charge >= 0.3 is 0 Å². The number of carbonyl (C=O) groups is 3. The number of amides is 2. The van der Waals surface area contributed by atoms with Crippen molar-refractivity contribution >= 4 is 33.3 Å². The lowest BCUT2D eigenvalue weighted by molar-refractivity contribution is -0.140. The number of hydrogen-bond acceptors (Lipinski definition) is 5. The highest BCUT2D eigenvalue weighted by Gasteiger charge is 2.34.